The van der Waals surface area contributed by atoms with E-state index in [-0.39, 0.29) is 0 Å². The van der Waals surface area contributed by atoms with E-state index in [2.05, 4.69) is 24.1 Å². The smallest absolute Gasteiger partial charge is 0.118 e. The summed E-state index contributed by atoms with van der Waals surface area (Å²) >= 11 is 6.03. The van der Waals surface area contributed by atoms with Crippen LogP contribution in [-0.2, 0) is 13.1 Å². The third-order valence-electron chi connectivity index (χ3n) is 3.13. The minimum absolute atomic E-state index is 0.611. The van der Waals surface area contributed by atoms with E-state index in [0.717, 1.165) is 24.4 Å². The first kappa shape index (κ1) is 14.7. The number of nitrogens with zero attached hydrogens (tertiary/aromatic N) is 1. The van der Waals surface area contributed by atoms with Gasteiger partial charge in [0.15, 0.2) is 0 Å². The number of anilines is 1. The molecule has 0 radical (unpaired) electrons. The fourth-order valence-corrected chi connectivity index (χ4v) is 2.28. The van der Waals surface area contributed by atoms with Gasteiger partial charge < -0.3 is 10.5 Å². The molecule has 0 fully saturated rings. The summed E-state index contributed by atoms with van der Waals surface area (Å²) in [6.45, 7) is 1.69. The molecule has 0 bridgehead atoms. The van der Waals surface area contributed by atoms with Gasteiger partial charge in [-0.25, -0.2) is 0 Å². The van der Waals surface area contributed by atoms with Gasteiger partial charge in [0, 0.05) is 13.1 Å². The Bertz CT molecular complexity index is 569. The second-order valence-electron chi connectivity index (χ2n) is 4.88. The van der Waals surface area contributed by atoms with Crippen molar-refractivity contribution in [2.75, 3.05) is 19.9 Å². The van der Waals surface area contributed by atoms with Gasteiger partial charge in [-0.1, -0.05) is 29.8 Å². The molecule has 0 spiro atoms. The molecular formula is C16H19ClN2O. The Balaban J connectivity index is 1.97. The average Bonchev–Trinajstić information content (AvgIpc) is 2.44. The normalized spacial score (nSPS) is 10.8. The van der Waals surface area contributed by atoms with Crippen LogP contribution in [0.4, 0.5) is 5.69 Å². The van der Waals surface area contributed by atoms with Crippen molar-refractivity contribution in [3.8, 4) is 5.75 Å². The van der Waals surface area contributed by atoms with Gasteiger partial charge in [0.05, 0.1) is 17.8 Å². The van der Waals surface area contributed by atoms with Crippen LogP contribution in [0, 0.1) is 0 Å². The Hall–Kier alpha value is -1.71. The highest BCUT2D eigenvalue weighted by Gasteiger charge is 2.04. The Morgan fingerprint density at radius 3 is 2.25 bits per heavy atom. The monoisotopic (exact) mass is 290 g/mol. The molecule has 0 aliphatic carbocycles. The predicted molar refractivity (Wildman–Crippen MR) is 84.0 cm³/mol. The van der Waals surface area contributed by atoms with Crippen molar-refractivity contribution in [2.45, 2.75) is 13.1 Å². The van der Waals surface area contributed by atoms with Crippen LogP contribution < -0.4 is 10.5 Å². The Labute approximate surface area is 124 Å². The van der Waals surface area contributed by atoms with E-state index in [0.29, 0.717) is 10.7 Å². The lowest BCUT2D eigenvalue weighted by Crippen LogP contribution is -2.17. The van der Waals surface area contributed by atoms with Crippen molar-refractivity contribution in [3.05, 3.63) is 58.6 Å². The van der Waals surface area contributed by atoms with Crippen LogP contribution in [0.5, 0.6) is 5.75 Å². The molecule has 0 amide bonds. The van der Waals surface area contributed by atoms with Crippen molar-refractivity contribution in [3.63, 3.8) is 0 Å². The third kappa shape index (κ3) is 3.89. The highest BCUT2D eigenvalue weighted by atomic mass is 35.5. The quantitative estimate of drug-likeness (QED) is 0.856. The lowest BCUT2D eigenvalue weighted by molar-refractivity contribution is 0.319. The van der Waals surface area contributed by atoms with Crippen LogP contribution in [0.2, 0.25) is 5.02 Å². The van der Waals surface area contributed by atoms with Gasteiger partial charge in [-0.3, -0.25) is 4.90 Å². The predicted octanol–water partition coefficient (Wildman–Crippen LogP) is 3.56. The molecule has 0 heterocycles. The number of nitrogen functional groups attached to an aromatic ring is 1. The minimum atomic E-state index is 0.611. The van der Waals surface area contributed by atoms with E-state index in [1.807, 2.05) is 30.3 Å². The molecule has 0 atom stereocenters. The van der Waals surface area contributed by atoms with Crippen molar-refractivity contribution < 1.29 is 4.74 Å². The van der Waals surface area contributed by atoms with E-state index in [9.17, 15) is 0 Å². The zero-order valence-electron chi connectivity index (χ0n) is 11.8. The molecule has 0 aliphatic rings. The summed E-state index contributed by atoms with van der Waals surface area (Å²) in [4.78, 5) is 2.23. The fourth-order valence-electron chi connectivity index (χ4n) is 2.08. The third-order valence-corrected chi connectivity index (χ3v) is 3.46. The minimum Gasteiger partial charge on any atom is -0.497 e. The molecule has 2 aromatic carbocycles. The first-order valence-corrected chi connectivity index (χ1v) is 6.81. The number of rotatable bonds is 5. The second kappa shape index (κ2) is 6.64. The maximum atomic E-state index is 6.03. The molecule has 4 heteroatoms. The molecule has 2 rings (SSSR count). The second-order valence-corrected chi connectivity index (χ2v) is 5.28. The highest BCUT2D eigenvalue weighted by Crippen LogP contribution is 2.21. The van der Waals surface area contributed by atoms with Crippen molar-refractivity contribution in [2.24, 2.45) is 0 Å². The summed E-state index contributed by atoms with van der Waals surface area (Å²) in [5.41, 5.74) is 8.73. The molecule has 3 nitrogen and oxygen atoms in total. The highest BCUT2D eigenvalue weighted by molar-refractivity contribution is 6.33. The SMILES string of the molecule is COc1ccc(CN(C)Cc2ccc(N)c(Cl)c2)cc1. The number of benzene rings is 2. The fraction of sp³-hybridized carbons (Fsp3) is 0.250. The van der Waals surface area contributed by atoms with E-state index in [1.54, 1.807) is 7.11 Å². The molecular weight excluding hydrogens is 272 g/mol. The van der Waals surface area contributed by atoms with Crippen LogP contribution in [0.25, 0.3) is 0 Å². The first-order chi connectivity index (χ1) is 9.58. The summed E-state index contributed by atoms with van der Waals surface area (Å²) in [5, 5.41) is 0.611. The number of nitrogens with two attached hydrogens (primary N) is 1. The van der Waals surface area contributed by atoms with E-state index < -0.39 is 0 Å². The summed E-state index contributed by atoms with van der Waals surface area (Å²) in [7, 11) is 3.75. The molecule has 2 N–H and O–H groups in total. The Kier molecular flexibility index (Phi) is 4.88. The molecule has 2 aromatic rings. The molecule has 106 valence electrons. The van der Waals surface area contributed by atoms with Gasteiger partial charge in [0.25, 0.3) is 0 Å². The summed E-state index contributed by atoms with van der Waals surface area (Å²) < 4.78 is 5.15. The molecule has 0 aliphatic heterocycles. The standard InChI is InChI=1S/C16H19ClN2O/c1-19(10-12-3-6-14(20-2)7-4-12)11-13-5-8-16(18)15(17)9-13/h3-9H,10-11,18H2,1-2H3. The van der Waals surface area contributed by atoms with Crippen LogP contribution >= 0.6 is 11.6 Å². The summed E-state index contributed by atoms with van der Waals surface area (Å²) in [6.07, 6.45) is 0. The Morgan fingerprint density at radius 2 is 1.65 bits per heavy atom. The van der Waals surface area contributed by atoms with Crippen molar-refractivity contribution >= 4 is 17.3 Å². The van der Waals surface area contributed by atoms with Crippen molar-refractivity contribution in [1.82, 2.24) is 4.90 Å². The molecule has 0 aromatic heterocycles. The van der Waals surface area contributed by atoms with Crippen LogP contribution in [0.3, 0.4) is 0 Å². The van der Waals surface area contributed by atoms with Gasteiger partial charge >= 0.3 is 0 Å². The topological polar surface area (TPSA) is 38.5 Å². The lowest BCUT2D eigenvalue weighted by Gasteiger charge is -2.17. The van der Waals surface area contributed by atoms with Gasteiger partial charge in [-0.2, -0.15) is 0 Å². The van der Waals surface area contributed by atoms with Gasteiger partial charge in [0.2, 0.25) is 0 Å². The number of methoxy groups -OCH3 is 1. The number of hydrogen-bond acceptors (Lipinski definition) is 3. The van der Waals surface area contributed by atoms with E-state index >= 15 is 0 Å². The van der Waals surface area contributed by atoms with Crippen molar-refractivity contribution in [1.29, 1.82) is 0 Å². The summed E-state index contributed by atoms with van der Waals surface area (Å²) in [6, 6.07) is 13.9. The van der Waals surface area contributed by atoms with Gasteiger partial charge in [0.1, 0.15) is 5.75 Å². The molecule has 0 saturated carbocycles. The number of halogens is 1. The first-order valence-electron chi connectivity index (χ1n) is 6.44. The van der Waals surface area contributed by atoms with Gasteiger partial charge in [-0.15, -0.1) is 0 Å². The number of ether oxygens (including phenoxy) is 1. The molecule has 0 saturated heterocycles. The maximum Gasteiger partial charge on any atom is 0.118 e. The maximum absolute atomic E-state index is 6.03. The van der Waals surface area contributed by atoms with Crippen LogP contribution in [0.15, 0.2) is 42.5 Å². The zero-order chi connectivity index (χ0) is 14.5. The van der Waals surface area contributed by atoms with Crippen LogP contribution in [-0.4, -0.2) is 19.1 Å². The van der Waals surface area contributed by atoms with E-state index in [4.69, 9.17) is 22.1 Å². The van der Waals surface area contributed by atoms with E-state index in [1.165, 1.54) is 5.56 Å². The van der Waals surface area contributed by atoms with Crippen LogP contribution in [0.1, 0.15) is 11.1 Å². The number of hydrogen-bond donors (Lipinski definition) is 1. The summed E-state index contributed by atoms with van der Waals surface area (Å²) in [5.74, 6) is 0.877. The average molecular weight is 291 g/mol. The Morgan fingerprint density at radius 1 is 1.05 bits per heavy atom. The molecule has 20 heavy (non-hydrogen) atoms. The lowest BCUT2D eigenvalue weighted by atomic mass is 10.1. The zero-order valence-corrected chi connectivity index (χ0v) is 12.5. The largest absolute Gasteiger partial charge is 0.497 e. The van der Waals surface area contributed by atoms with Gasteiger partial charge in [-0.05, 0) is 42.4 Å². The molecule has 0 unspecified atom stereocenters.